The Hall–Kier alpha value is -2.62. The van der Waals surface area contributed by atoms with Crippen LogP contribution in [0.25, 0.3) is 0 Å². The summed E-state index contributed by atoms with van der Waals surface area (Å²) in [5.74, 6) is -0.171. The number of carbonyl (C=O) groups is 2. The Bertz CT molecular complexity index is 761. The van der Waals surface area contributed by atoms with E-state index in [1.807, 2.05) is 70.2 Å². The lowest BCUT2D eigenvalue weighted by atomic mass is 10.0. The molecular weight excluding hydrogens is 324 g/mol. The first kappa shape index (κ1) is 19.7. The van der Waals surface area contributed by atoms with Gasteiger partial charge in [-0.15, -0.1) is 0 Å². The van der Waals surface area contributed by atoms with E-state index in [4.69, 9.17) is 0 Å². The lowest BCUT2D eigenvalue weighted by Crippen LogP contribution is -2.42. The van der Waals surface area contributed by atoms with Gasteiger partial charge in [-0.1, -0.05) is 48.0 Å². The summed E-state index contributed by atoms with van der Waals surface area (Å²) in [6, 6.07) is 14.0. The standard InChI is InChI=1S/C22H28N2O2/c1-6-23(14-20-10-8-7-9-11-20)21(26)15-24(19(5)25)22-17(3)12-16(2)13-18(22)4/h7-13H,6,14-15H2,1-5H3. The van der Waals surface area contributed by atoms with Crippen molar-refractivity contribution >= 4 is 17.5 Å². The second-order valence-electron chi connectivity index (χ2n) is 6.75. The smallest absolute Gasteiger partial charge is 0.242 e. The molecule has 0 fully saturated rings. The molecule has 138 valence electrons. The molecule has 0 spiro atoms. The molecule has 2 aromatic carbocycles. The highest BCUT2D eigenvalue weighted by Gasteiger charge is 2.22. The van der Waals surface area contributed by atoms with Crippen molar-refractivity contribution in [2.24, 2.45) is 0 Å². The summed E-state index contributed by atoms with van der Waals surface area (Å²) in [4.78, 5) is 28.6. The van der Waals surface area contributed by atoms with E-state index in [2.05, 4.69) is 0 Å². The van der Waals surface area contributed by atoms with E-state index in [0.29, 0.717) is 13.1 Å². The van der Waals surface area contributed by atoms with Crippen LogP contribution in [0.4, 0.5) is 5.69 Å². The Labute approximate surface area is 156 Å². The van der Waals surface area contributed by atoms with Gasteiger partial charge < -0.3 is 9.80 Å². The SMILES string of the molecule is CCN(Cc1ccccc1)C(=O)CN(C(C)=O)c1c(C)cc(C)cc1C. The van der Waals surface area contributed by atoms with Gasteiger partial charge >= 0.3 is 0 Å². The van der Waals surface area contributed by atoms with Gasteiger partial charge in [-0.2, -0.15) is 0 Å². The molecule has 0 atom stereocenters. The van der Waals surface area contributed by atoms with Gasteiger partial charge in [0.25, 0.3) is 0 Å². The number of carbonyl (C=O) groups excluding carboxylic acids is 2. The second kappa shape index (κ2) is 8.65. The van der Waals surface area contributed by atoms with Crippen molar-refractivity contribution in [3.63, 3.8) is 0 Å². The number of rotatable bonds is 6. The summed E-state index contributed by atoms with van der Waals surface area (Å²) in [5, 5.41) is 0. The quantitative estimate of drug-likeness (QED) is 0.788. The van der Waals surface area contributed by atoms with Crippen LogP contribution in [0.1, 0.15) is 36.1 Å². The average Bonchev–Trinajstić information content (AvgIpc) is 2.58. The number of hydrogen-bond acceptors (Lipinski definition) is 2. The molecule has 0 saturated carbocycles. The number of likely N-dealkylation sites (N-methyl/N-ethyl adjacent to an activating group) is 1. The van der Waals surface area contributed by atoms with Crippen LogP contribution >= 0.6 is 0 Å². The van der Waals surface area contributed by atoms with Crippen molar-refractivity contribution in [3.05, 3.63) is 64.7 Å². The molecule has 0 aliphatic rings. The van der Waals surface area contributed by atoms with Crippen molar-refractivity contribution in [2.45, 2.75) is 41.2 Å². The van der Waals surface area contributed by atoms with Crippen LogP contribution < -0.4 is 4.90 Å². The van der Waals surface area contributed by atoms with E-state index in [1.165, 1.54) is 6.92 Å². The normalized spacial score (nSPS) is 10.5. The third kappa shape index (κ3) is 4.72. The van der Waals surface area contributed by atoms with Gasteiger partial charge in [0.2, 0.25) is 11.8 Å². The summed E-state index contributed by atoms with van der Waals surface area (Å²) in [6.45, 7) is 10.7. The topological polar surface area (TPSA) is 40.6 Å². The number of hydrogen-bond donors (Lipinski definition) is 0. The van der Waals surface area contributed by atoms with Gasteiger partial charge in [0.15, 0.2) is 0 Å². The molecule has 0 unspecified atom stereocenters. The minimum Gasteiger partial charge on any atom is -0.337 e. The summed E-state index contributed by atoms with van der Waals surface area (Å²) >= 11 is 0. The van der Waals surface area contributed by atoms with Crippen LogP contribution in [0.15, 0.2) is 42.5 Å². The van der Waals surface area contributed by atoms with Crippen molar-refractivity contribution in [1.29, 1.82) is 0 Å². The van der Waals surface area contributed by atoms with Crippen LogP contribution in [0.2, 0.25) is 0 Å². The number of nitrogens with zero attached hydrogens (tertiary/aromatic N) is 2. The molecule has 26 heavy (non-hydrogen) atoms. The van der Waals surface area contributed by atoms with Crippen LogP contribution in [0.5, 0.6) is 0 Å². The van der Waals surface area contributed by atoms with Crippen molar-refractivity contribution in [2.75, 3.05) is 18.0 Å². The third-order valence-electron chi connectivity index (χ3n) is 4.53. The molecule has 2 rings (SSSR count). The van der Waals surface area contributed by atoms with E-state index in [1.54, 1.807) is 9.80 Å². The maximum Gasteiger partial charge on any atom is 0.242 e. The summed E-state index contributed by atoms with van der Waals surface area (Å²) < 4.78 is 0. The zero-order valence-electron chi connectivity index (χ0n) is 16.4. The number of amides is 2. The molecule has 0 aliphatic heterocycles. The van der Waals surface area contributed by atoms with Crippen LogP contribution in [-0.2, 0) is 16.1 Å². The molecule has 4 heteroatoms. The maximum atomic E-state index is 12.9. The highest BCUT2D eigenvalue weighted by atomic mass is 16.2. The first-order valence-corrected chi connectivity index (χ1v) is 9.01. The molecule has 0 aliphatic carbocycles. The van der Waals surface area contributed by atoms with Gasteiger partial charge in [-0.3, -0.25) is 9.59 Å². The first-order chi connectivity index (χ1) is 12.3. The largest absolute Gasteiger partial charge is 0.337 e. The zero-order chi connectivity index (χ0) is 19.3. The van der Waals surface area contributed by atoms with Crippen molar-refractivity contribution in [1.82, 2.24) is 4.90 Å². The maximum absolute atomic E-state index is 12.9. The summed E-state index contributed by atoms with van der Waals surface area (Å²) in [6.07, 6.45) is 0. The van der Waals surface area contributed by atoms with Crippen LogP contribution in [0, 0.1) is 20.8 Å². The Morgan fingerprint density at radius 1 is 0.962 bits per heavy atom. The van der Waals surface area contributed by atoms with Gasteiger partial charge in [-0.05, 0) is 44.4 Å². The second-order valence-corrected chi connectivity index (χ2v) is 6.75. The van der Waals surface area contributed by atoms with Gasteiger partial charge in [0, 0.05) is 20.0 Å². The Kier molecular flexibility index (Phi) is 6.56. The van der Waals surface area contributed by atoms with Gasteiger partial charge in [0.1, 0.15) is 6.54 Å². The minimum atomic E-state index is -0.121. The average molecular weight is 352 g/mol. The lowest BCUT2D eigenvalue weighted by molar-refractivity contribution is -0.131. The van der Waals surface area contributed by atoms with E-state index >= 15 is 0 Å². The molecule has 0 aromatic heterocycles. The van der Waals surface area contributed by atoms with E-state index in [-0.39, 0.29) is 18.4 Å². The van der Waals surface area contributed by atoms with Gasteiger partial charge in [-0.25, -0.2) is 0 Å². The fourth-order valence-electron chi connectivity index (χ4n) is 3.36. The van der Waals surface area contributed by atoms with Gasteiger partial charge in [0.05, 0.1) is 5.69 Å². The van der Waals surface area contributed by atoms with E-state index in [9.17, 15) is 9.59 Å². The third-order valence-corrected chi connectivity index (χ3v) is 4.53. The number of anilines is 1. The molecule has 2 amide bonds. The monoisotopic (exact) mass is 352 g/mol. The minimum absolute atomic E-state index is 0.0501. The fraction of sp³-hybridized carbons (Fsp3) is 0.364. The van der Waals surface area contributed by atoms with E-state index in [0.717, 1.165) is 27.9 Å². The van der Waals surface area contributed by atoms with Crippen molar-refractivity contribution in [3.8, 4) is 0 Å². The molecule has 4 nitrogen and oxygen atoms in total. The highest BCUT2D eigenvalue weighted by Crippen LogP contribution is 2.26. The highest BCUT2D eigenvalue weighted by molar-refractivity contribution is 5.98. The molecule has 0 saturated heterocycles. The molecule has 0 N–H and O–H groups in total. The lowest BCUT2D eigenvalue weighted by Gasteiger charge is -2.28. The van der Waals surface area contributed by atoms with Crippen LogP contribution in [0.3, 0.4) is 0 Å². The zero-order valence-corrected chi connectivity index (χ0v) is 16.4. The molecule has 0 radical (unpaired) electrons. The number of benzene rings is 2. The molecular formula is C22H28N2O2. The Morgan fingerprint density at radius 3 is 2.04 bits per heavy atom. The fourth-order valence-corrected chi connectivity index (χ4v) is 3.36. The van der Waals surface area contributed by atoms with Crippen molar-refractivity contribution < 1.29 is 9.59 Å². The summed E-state index contributed by atoms with van der Waals surface area (Å²) in [7, 11) is 0. The molecule has 0 bridgehead atoms. The summed E-state index contributed by atoms with van der Waals surface area (Å²) in [5.41, 5.74) is 5.10. The Balaban J connectivity index is 2.24. The number of aryl methyl sites for hydroxylation is 3. The van der Waals surface area contributed by atoms with Crippen LogP contribution in [-0.4, -0.2) is 29.8 Å². The Morgan fingerprint density at radius 2 is 1.54 bits per heavy atom. The molecule has 0 heterocycles. The predicted molar refractivity (Wildman–Crippen MR) is 106 cm³/mol. The van der Waals surface area contributed by atoms with E-state index < -0.39 is 0 Å². The predicted octanol–water partition coefficient (Wildman–Crippen LogP) is 4.01. The molecule has 2 aromatic rings. The first-order valence-electron chi connectivity index (χ1n) is 9.01.